The van der Waals surface area contributed by atoms with Gasteiger partial charge in [0.1, 0.15) is 0 Å². The van der Waals surface area contributed by atoms with E-state index in [0.29, 0.717) is 37.1 Å². The number of carbonyl (C=O) groups excluding carboxylic acids is 1. The molecule has 7 nitrogen and oxygen atoms in total. The molecule has 0 aliphatic rings. The number of alkyl halides is 1. The largest absolute Gasteiger partial charge is 0.493 e. The van der Waals surface area contributed by atoms with Crippen molar-refractivity contribution >= 4 is 29.9 Å². The second-order valence-corrected chi connectivity index (χ2v) is 9.85. The first-order chi connectivity index (χ1) is 15.5. The molecule has 0 aliphatic heterocycles. The van der Waals surface area contributed by atoms with E-state index in [2.05, 4.69) is 19.2 Å². The van der Waals surface area contributed by atoms with Crippen LogP contribution in [0.2, 0.25) is 0 Å². The molecule has 1 amide bonds. The molecule has 0 spiro atoms. The van der Waals surface area contributed by atoms with Gasteiger partial charge in [-0.1, -0.05) is 19.9 Å². The lowest BCUT2D eigenvalue weighted by atomic mass is 9.83. The number of benzene rings is 1. The first-order valence-corrected chi connectivity index (χ1v) is 12.2. The molecule has 3 atom stereocenters. The molecule has 0 radical (unpaired) electrons. The summed E-state index contributed by atoms with van der Waals surface area (Å²) >= 11 is 5.85. The molecule has 0 saturated heterocycles. The number of aliphatic hydroxyl groups excluding tert-OH is 1. The van der Waals surface area contributed by atoms with Crippen LogP contribution in [0.4, 0.5) is 0 Å². The molecule has 0 fully saturated rings. The minimum absolute atomic E-state index is 0. The standard InChI is InChI=1S/C25H43ClN2O5.ClH/c1-17(2)19(14-20(27)21(29)15-28-24(30)25(3,4)16-26)12-18-8-9-22(32-6)23(13-18)33-11-7-10-31-5;/h8-9,13,17,19-21,29H,7,10-12,14-16,27H2,1-6H3,(H,28,30);1H. The summed E-state index contributed by atoms with van der Waals surface area (Å²) in [5.41, 5.74) is 6.75. The Morgan fingerprint density at radius 2 is 1.88 bits per heavy atom. The van der Waals surface area contributed by atoms with E-state index in [0.717, 1.165) is 18.4 Å². The number of nitrogens with two attached hydrogens (primary N) is 1. The van der Waals surface area contributed by atoms with Crippen LogP contribution in [-0.4, -0.2) is 63.0 Å². The summed E-state index contributed by atoms with van der Waals surface area (Å²) in [5.74, 6) is 2.03. The number of halogens is 2. The van der Waals surface area contributed by atoms with Crippen LogP contribution in [-0.2, 0) is 16.0 Å². The summed E-state index contributed by atoms with van der Waals surface area (Å²) in [4.78, 5) is 12.2. The number of amides is 1. The summed E-state index contributed by atoms with van der Waals surface area (Å²) in [6.07, 6.45) is 1.38. The fraction of sp³-hybridized carbons (Fsp3) is 0.720. The zero-order valence-electron chi connectivity index (χ0n) is 21.4. The quantitative estimate of drug-likeness (QED) is 0.225. The van der Waals surface area contributed by atoms with E-state index >= 15 is 0 Å². The molecule has 9 heteroatoms. The monoisotopic (exact) mass is 522 g/mol. The van der Waals surface area contributed by atoms with Crippen LogP contribution in [0.15, 0.2) is 18.2 Å². The molecule has 0 bridgehead atoms. The van der Waals surface area contributed by atoms with Crippen molar-refractivity contribution in [3.63, 3.8) is 0 Å². The molecular formula is C25H44Cl2N2O5. The van der Waals surface area contributed by atoms with Crippen molar-refractivity contribution in [2.75, 3.05) is 39.9 Å². The van der Waals surface area contributed by atoms with E-state index < -0.39 is 17.6 Å². The van der Waals surface area contributed by atoms with Gasteiger partial charge in [-0.3, -0.25) is 4.79 Å². The van der Waals surface area contributed by atoms with Crippen molar-refractivity contribution in [2.45, 2.75) is 59.1 Å². The molecule has 198 valence electrons. The predicted octanol–water partition coefficient (Wildman–Crippen LogP) is 3.81. The van der Waals surface area contributed by atoms with Gasteiger partial charge in [-0.2, -0.15) is 0 Å². The normalized spacial score (nSPS) is 14.2. The molecule has 34 heavy (non-hydrogen) atoms. The van der Waals surface area contributed by atoms with Gasteiger partial charge in [0.15, 0.2) is 11.5 Å². The zero-order valence-corrected chi connectivity index (χ0v) is 23.0. The van der Waals surface area contributed by atoms with Gasteiger partial charge in [-0.05, 0) is 56.2 Å². The molecule has 0 aliphatic carbocycles. The second-order valence-electron chi connectivity index (χ2n) is 9.58. The van der Waals surface area contributed by atoms with E-state index in [-0.39, 0.29) is 36.7 Å². The molecule has 1 aromatic rings. The van der Waals surface area contributed by atoms with Gasteiger partial charge in [0.2, 0.25) is 5.91 Å². The highest BCUT2D eigenvalue weighted by molar-refractivity contribution is 6.19. The third-order valence-corrected chi connectivity index (χ3v) is 6.58. The third kappa shape index (κ3) is 11.0. The summed E-state index contributed by atoms with van der Waals surface area (Å²) < 4.78 is 16.4. The van der Waals surface area contributed by atoms with Crippen LogP contribution in [0.25, 0.3) is 0 Å². The number of aliphatic hydroxyl groups is 1. The van der Waals surface area contributed by atoms with Gasteiger partial charge in [0.25, 0.3) is 0 Å². The van der Waals surface area contributed by atoms with Crippen molar-refractivity contribution in [3.05, 3.63) is 23.8 Å². The van der Waals surface area contributed by atoms with E-state index in [1.165, 1.54) is 0 Å². The third-order valence-electron chi connectivity index (χ3n) is 5.91. The number of hydrogen-bond donors (Lipinski definition) is 3. The van der Waals surface area contributed by atoms with E-state index in [1.807, 2.05) is 18.2 Å². The average molecular weight is 524 g/mol. The Hall–Kier alpha value is -1.25. The highest BCUT2D eigenvalue weighted by atomic mass is 35.5. The molecule has 3 unspecified atom stereocenters. The Balaban J connectivity index is 0.0000109. The minimum atomic E-state index is -0.836. The summed E-state index contributed by atoms with van der Waals surface area (Å²) in [6.45, 7) is 9.13. The van der Waals surface area contributed by atoms with Crippen molar-refractivity contribution in [1.29, 1.82) is 0 Å². The van der Waals surface area contributed by atoms with Gasteiger partial charge in [-0.15, -0.1) is 24.0 Å². The van der Waals surface area contributed by atoms with Crippen molar-refractivity contribution < 1.29 is 24.1 Å². The van der Waals surface area contributed by atoms with Crippen LogP contribution < -0.4 is 20.5 Å². The van der Waals surface area contributed by atoms with Gasteiger partial charge in [0, 0.05) is 38.6 Å². The molecule has 1 rings (SSSR count). The van der Waals surface area contributed by atoms with Crippen LogP contribution >= 0.6 is 24.0 Å². The van der Waals surface area contributed by atoms with E-state index in [1.54, 1.807) is 28.1 Å². The Kier molecular flexibility index (Phi) is 15.8. The maximum atomic E-state index is 12.2. The maximum absolute atomic E-state index is 12.2. The Morgan fingerprint density at radius 3 is 2.44 bits per heavy atom. The average Bonchev–Trinajstić information content (AvgIpc) is 2.79. The first-order valence-electron chi connectivity index (χ1n) is 11.6. The number of carbonyl (C=O) groups is 1. The highest BCUT2D eigenvalue weighted by Crippen LogP contribution is 2.31. The molecule has 0 heterocycles. The van der Waals surface area contributed by atoms with Crippen LogP contribution in [0.1, 0.15) is 46.1 Å². The summed E-state index contributed by atoms with van der Waals surface area (Å²) in [7, 11) is 3.30. The fourth-order valence-corrected chi connectivity index (χ4v) is 3.52. The fourth-order valence-electron chi connectivity index (χ4n) is 3.40. The number of rotatable bonds is 16. The van der Waals surface area contributed by atoms with Crippen molar-refractivity contribution in [1.82, 2.24) is 5.32 Å². The Labute approximate surface area is 216 Å². The zero-order chi connectivity index (χ0) is 25.0. The predicted molar refractivity (Wildman–Crippen MR) is 140 cm³/mol. The van der Waals surface area contributed by atoms with Crippen LogP contribution in [0.5, 0.6) is 11.5 Å². The summed E-state index contributed by atoms with van der Waals surface area (Å²) in [6, 6.07) is 5.51. The maximum Gasteiger partial charge on any atom is 0.226 e. The SMILES string of the molecule is COCCCOc1cc(CC(CC(N)C(O)CNC(=O)C(C)(C)CCl)C(C)C)ccc1OC.Cl. The minimum Gasteiger partial charge on any atom is -0.493 e. The van der Waals surface area contributed by atoms with Crippen LogP contribution in [0, 0.1) is 17.3 Å². The highest BCUT2D eigenvalue weighted by Gasteiger charge is 2.28. The molecule has 0 saturated carbocycles. The number of hydrogen-bond acceptors (Lipinski definition) is 6. The van der Waals surface area contributed by atoms with E-state index in [9.17, 15) is 9.90 Å². The Morgan fingerprint density at radius 1 is 1.21 bits per heavy atom. The number of methoxy groups -OCH3 is 2. The lowest BCUT2D eigenvalue weighted by Gasteiger charge is -2.28. The van der Waals surface area contributed by atoms with E-state index in [4.69, 9.17) is 31.5 Å². The van der Waals surface area contributed by atoms with Crippen molar-refractivity contribution in [3.8, 4) is 11.5 Å². The number of ether oxygens (including phenoxy) is 3. The topological polar surface area (TPSA) is 103 Å². The molecule has 0 aromatic heterocycles. The summed E-state index contributed by atoms with van der Waals surface area (Å²) in [5, 5.41) is 13.3. The molecule has 4 N–H and O–H groups in total. The number of nitrogens with one attached hydrogen (secondary N) is 1. The van der Waals surface area contributed by atoms with Crippen LogP contribution in [0.3, 0.4) is 0 Å². The van der Waals surface area contributed by atoms with Gasteiger partial charge in [0.05, 0.1) is 25.2 Å². The Bertz CT molecular complexity index is 719. The molecular weight excluding hydrogens is 479 g/mol. The first kappa shape index (κ1) is 32.8. The lowest BCUT2D eigenvalue weighted by molar-refractivity contribution is -0.128. The second kappa shape index (κ2) is 16.4. The molecule has 1 aromatic carbocycles. The van der Waals surface area contributed by atoms with Gasteiger partial charge in [-0.25, -0.2) is 0 Å². The smallest absolute Gasteiger partial charge is 0.226 e. The lowest BCUT2D eigenvalue weighted by Crippen LogP contribution is -2.47. The van der Waals surface area contributed by atoms with Gasteiger partial charge >= 0.3 is 0 Å². The van der Waals surface area contributed by atoms with Gasteiger partial charge < -0.3 is 30.4 Å². The van der Waals surface area contributed by atoms with Crippen molar-refractivity contribution in [2.24, 2.45) is 23.0 Å².